The number of hydrogen-bond acceptors (Lipinski definition) is 3. The van der Waals surface area contributed by atoms with Crippen LogP contribution in [-0.2, 0) is 0 Å². The Morgan fingerprint density at radius 1 is 0.828 bits per heavy atom. The normalized spacial score (nSPS) is 11.8. The van der Waals surface area contributed by atoms with E-state index < -0.39 is 0 Å². The van der Waals surface area contributed by atoms with E-state index in [1.807, 2.05) is 66.7 Å². The van der Waals surface area contributed by atoms with Crippen LogP contribution >= 0.6 is 11.6 Å². The van der Waals surface area contributed by atoms with Gasteiger partial charge in [-0.3, -0.25) is 4.79 Å². The lowest BCUT2D eigenvalue weighted by molar-refractivity contribution is 0.771. The van der Waals surface area contributed by atoms with E-state index in [4.69, 9.17) is 11.6 Å². The van der Waals surface area contributed by atoms with Gasteiger partial charge in [0.05, 0.1) is 22.1 Å². The number of rotatable bonds is 2. The summed E-state index contributed by atoms with van der Waals surface area (Å²) in [5.74, 6) is 0.535. The van der Waals surface area contributed by atoms with Gasteiger partial charge in [0.1, 0.15) is 5.82 Å². The summed E-state index contributed by atoms with van der Waals surface area (Å²) < 4.78 is 1.35. The van der Waals surface area contributed by atoms with E-state index in [1.165, 1.54) is 4.68 Å². The van der Waals surface area contributed by atoms with E-state index in [0.29, 0.717) is 21.7 Å². The molecular weight excluding hydrogens is 382 g/mol. The maximum Gasteiger partial charge on any atom is 0.282 e. The largest absolute Gasteiger partial charge is 0.282 e. The standard InChI is InChI=1S/C24H16ClN3O/c1-15-27-22-13-7-6-12-20(22)24(29)28(15)26-14-21-16-8-2-4-10-18(16)23(25)19-11-5-3-9-17(19)21/h2-14H,1H3. The monoisotopic (exact) mass is 397 g/mol. The summed E-state index contributed by atoms with van der Waals surface area (Å²) in [5.41, 5.74) is 1.40. The Morgan fingerprint density at radius 3 is 1.97 bits per heavy atom. The lowest BCUT2D eigenvalue weighted by Gasteiger charge is -2.11. The molecule has 0 aliphatic rings. The fourth-order valence-electron chi connectivity index (χ4n) is 3.73. The van der Waals surface area contributed by atoms with Crippen molar-refractivity contribution in [1.29, 1.82) is 0 Å². The maximum atomic E-state index is 12.9. The molecule has 5 aromatic rings. The molecule has 0 radical (unpaired) electrons. The first-order valence-electron chi connectivity index (χ1n) is 9.27. The second-order valence-electron chi connectivity index (χ2n) is 6.86. The molecule has 0 aliphatic carbocycles. The predicted octanol–water partition coefficient (Wildman–Crippen LogP) is 5.55. The predicted molar refractivity (Wildman–Crippen MR) is 120 cm³/mol. The molecule has 0 spiro atoms. The van der Waals surface area contributed by atoms with Crippen LogP contribution in [0.15, 0.2) is 82.7 Å². The molecule has 0 N–H and O–H groups in total. The molecule has 0 atom stereocenters. The molecule has 5 rings (SSSR count). The molecule has 0 saturated carbocycles. The summed E-state index contributed by atoms with van der Waals surface area (Å²) >= 11 is 6.67. The zero-order valence-corrected chi connectivity index (χ0v) is 16.4. The smallest absolute Gasteiger partial charge is 0.267 e. The summed E-state index contributed by atoms with van der Waals surface area (Å²) in [4.78, 5) is 17.5. The first-order valence-corrected chi connectivity index (χ1v) is 9.64. The zero-order valence-electron chi connectivity index (χ0n) is 15.6. The van der Waals surface area contributed by atoms with Gasteiger partial charge in [-0.15, -0.1) is 0 Å². The summed E-state index contributed by atoms with van der Waals surface area (Å²) in [5, 5.41) is 9.67. The SMILES string of the molecule is Cc1nc2ccccc2c(=O)n1N=Cc1c2ccccc2c(Cl)c2ccccc12. The van der Waals surface area contributed by atoms with E-state index in [-0.39, 0.29) is 5.56 Å². The second-order valence-corrected chi connectivity index (χ2v) is 7.23. The Hall–Kier alpha value is -3.50. The summed E-state index contributed by atoms with van der Waals surface area (Å²) in [6.07, 6.45) is 1.73. The van der Waals surface area contributed by atoms with E-state index >= 15 is 0 Å². The van der Waals surface area contributed by atoms with Crippen LogP contribution in [0.5, 0.6) is 0 Å². The Morgan fingerprint density at radius 2 is 1.34 bits per heavy atom. The van der Waals surface area contributed by atoms with E-state index in [0.717, 1.165) is 27.1 Å². The molecule has 0 bridgehead atoms. The van der Waals surface area contributed by atoms with Gasteiger partial charge >= 0.3 is 0 Å². The highest BCUT2D eigenvalue weighted by Gasteiger charge is 2.12. The number of halogens is 1. The molecular formula is C24H16ClN3O. The lowest BCUT2D eigenvalue weighted by atomic mass is 9.97. The third kappa shape index (κ3) is 2.80. The van der Waals surface area contributed by atoms with Gasteiger partial charge in [-0.2, -0.15) is 9.78 Å². The van der Waals surface area contributed by atoms with Crippen LogP contribution in [0.4, 0.5) is 0 Å². The molecule has 1 aromatic heterocycles. The van der Waals surface area contributed by atoms with Gasteiger partial charge in [-0.1, -0.05) is 72.3 Å². The van der Waals surface area contributed by atoms with Gasteiger partial charge in [0.25, 0.3) is 5.56 Å². The third-order valence-corrected chi connectivity index (χ3v) is 5.53. The van der Waals surface area contributed by atoms with Crippen molar-refractivity contribution in [3.63, 3.8) is 0 Å². The van der Waals surface area contributed by atoms with Crippen molar-refractivity contribution >= 4 is 50.3 Å². The van der Waals surface area contributed by atoms with E-state index in [1.54, 1.807) is 19.2 Å². The van der Waals surface area contributed by atoms with Crippen LogP contribution < -0.4 is 5.56 Å². The van der Waals surface area contributed by atoms with Gasteiger partial charge in [0.15, 0.2) is 0 Å². The molecule has 0 amide bonds. The molecule has 0 aliphatic heterocycles. The van der Waals surface area contributed by atoms with Crippen LogP contribution in [0.25, 0.3) is 32.4 Å². The number of fused-ring (bicyclic) bond motifs is 3. The minimum absolute atomic E-state index is 0.188. The average Bonchev–Trinajstić information content (AvgIpc) is 2.75. The fourth-order valence-corrected chi connectivity index (χ4v) is 4.06. The highest BCUT2D eigenvalue weighted by Crippen LogP contribution is 2.35. The fraction of sp³-hybridized carbons (Fsp3) is 0.0417. The van der Waals surface area contributed by atoms with E-state index in [9.17, 15) is 4.79 Å². The topological polar surface area (TPSA) is 47.2 Å². The summed E-state index contributed by atoms with van der Waals surface area (Å²) in [7, 11) is 0. The quantitative estimate of drug-likeness (QED) is 0.290. The minimum Gasteiger partial charge on any atom is -0.267 e. The summed E-state index contributed by atoms with van der Waals surface area (Å²) in [6.45, 7) is 1.78. The Bertz CT molecular complexity index is 1440. The number of para-hydroxylation sites is 1. The minimum atomic E-state index is -0.188. The number of hydrogen-bond donors (Lipinski definition) is 0. The van der Waals surface area contributed by atoms with Gasteiger partial charge in [0.2, 0.25) is 0 Å². The molecule has 0 unspecified atom stereocenters. The molecule has 140 valence electrons. The van der Waals surface area contributed by atoms with Gasteiger partial charge in [-0.05, 0) is 29.8 Å². The van der Waals surface area contributed by atoms with Gasteiger partial charge in [0, 0.05) is 16.3 Å². The number of nitrogens with zero attached hydrogens (tertiary/aromatic N) is 3. The Labute approximate surface area is 171 Å². The molecule has 4 aromatic carbocycles. The molecule has 0 saturated heterocycles. The Balaban J connectivity index is 1.80. The van der Waals surface area contributed by atoms with Crippen molar-refractivity contribution in [2.24, 2.45) is 5.10 Å². The first kappa shape index (κ1) is 17.6. The van der Waals surface area contributed by atoms with Crippen molar-refractivity contribution in [1.82, 2.24) is 9.66 Å². The first-order chi connectivity index (χ1) is 14.1. The zero-order chi connectivity index (χ0) is 20.0. The maximum absolute atomic E-state index is 12.9. The average molecular weight is 398 g/mol. The van der Waals surface area contributed by atoms with Crippen LogP contribution in [0, 0.1) is 6.92 Å². The number of aromatic nitrogens is 2. The van der Waals surface area contributed by atoms with Gasteiger partial charge in [-0.25, -0.2) is 4.98 Å². The highest BCUT2D eigenvalue weighted by atomic mass is 35.5. The Kier molecular flexibility index (Phi) is 4.14. The van der Waals surface area contributed by atoms with Crippen molar-refractivity contribution in [3.8, 4) is 0 Å². The summed E-state index contributed by atoms with van der Waals surface area (Å²) in [6, 6.07) is 23.2. The van der Waals surface area contributed by atoms with Crippen LogP contribution in [0.1, 0.15) is 11.4 Å². The molecule has 0 fully saturated rings. The molecule has 1 heterocycles. The van der Waals surface area contributed by atoms with Crippen LogP contribution in [0.3, 0.4) is 0 Å². The van der Waals surface area contributed by atoms with Crippen molar-refractivity contribution in [3.05, 3.63) is 99.6 Å². The van der Waals surface area contributed by atoms with Crippen molar-refractivity contribution in [2.45, 2.75) is 6.92 Å². The van der Waals surface area contributed by atoms with Crippen molar-refractivity contribution in [2.75, 3.05) is 0 Å². The van der Waals surface area contributed by atoms with Crippen LogP contribution in [0.2, 0.25) is 5.02 Å². The second kappa shape index (κ2) is 6.83. The molecule has 29 heavy (non-hydrogen) atoms. The van der Waals surface area contributed by atoms with Crippen molar-refractivity contribution < 1.29 is 0 Å². The molecule has 5 heteroatoms. The highest BCUT2D eigenvalue weighted by molar-refractivity contribution is 6.42. The number of aryl methyl sites for hydroxylation is 1. The van der Waals surface area contributed by atoms with Gasteiger partial charge < -0.3 is 0 Å². The van der Waals surface area contributed by atoms with Crippen LogP contribution in [-0.4, -0.2) is 15.9 Å². The number of benzene rings is 4. The molecule has 4 nitrogen and oxygen atoms in total. The third-order valence-electron chi connectivity index (χ3n) is 5.13. The van der Waals surface area contributed by atoms with E-state index in [2.05, 4.69) is 10.1 Å². The lowest BCUT2D eigenvalue weighted by Crippen LogP contribution is -2.20.